The molecule has 90 valence electrons. The second kappa shape index (κ2) is 5.43. The maximum absolute atomic E-state index is 11.5. The van der Waals surface area contributed by atoms with E-state index in [0.29, 0.717) is 6.54 Å². The normalized spacial score (nSPS) is 11.8. The first-order valence-electron chi connectivity index (χ1n) is 5.17. The number of hydrogen-bond acceptors (Lipinski definition) is 4. The summed E-state index contributed by atoms with van der Waals surface area (Å²) < 4.78 is 0. The molecule has 1 amide bonds. The van der Waals surface area contributed by atoms with Gasteiger partial charge in [0.05, 0.1) is 5.41 Å². The van der Waals surface area contributed by atoms with E-state index in [2.05, 4.69) is 21.8 Å². The number of hydrogen-bond donors (Lipinski definition) is 2. The van der Waals surface area contributed by atoms with Crippen LogP contribution in [0.25, 0.3) is 0 Å². The van der Waals surface area contributed by atoms with Crippen molar-refractivity contribution in [3.05, 3.63) is 22.4 Å². The fraction of sp³-hybridized carbons (Fsp3) is 0.545. The predicted octanol–water partition coefficient (Wildman–Crippen LogP) is 1.20. The lowest BCUT2D eigenvalue weighted by atomic mass is 9.92. The second-order valence-electron chi connectivity index (χ2n) is 4.61. The number of nitrogens with zero attached hydrogens (tertiary/aromatic N) is 1. The van der Waals surface area contributed by atoms with E-state index >= 15 is 0 Å². The van der Waals surface area contributed by atoms with Crippen molar-refractivity contribution in [3.63, 3.8) is 0 Å². The highest BCUT2D eigenvalue weighted by Crippen LogP contribution is 2.18. The lowest BCUT2D eigenvalue weighted by molar-refractivity contribution is -0.130. The van der Waals surface area contributed by atoms with Crippen LogP contribution in [0.2, 0.25) is 0 Å². The summed E-state index contributed by atoms with van der Waals surface area (Å²) in [5.41, 5.74) is 1.74. The van der Waals surface area contributed by atoms with Crippen LogP contribution in [0.15, 0.2) is 17.5 Å². The van der Waals surface area contributed by atoms with E-state index in [0.717, 1.165) is 6.54 Å². The third kappa shape index (κ3) is 3.59. The molecule has 0 fully saturated rings. The smallest absolute Gasteiger partial charge is 0.240 e. The highest BCUT2D eigenvalue weighted by molar-refractivity contribution is 7.09. The van der Waals surface area contributed by atoms with E-state index in [1.165, 1.54) is 4.88 Å². The van der Waals surface area contributed by atoms with Crippen molar-refractivity contribution in [1.29, 1.82) is 0 Å². The first-order valence-corrected chi connectivity index (χ1v) is 6.05. The van der Waals surface area contributed by atoms with Crippen molar-refractivity contribution >= 4 is 17.2 Å². The minimum absolute atomic E-state index is 0.134. The van der Waals surface area contributed by atoms with Gasteiger partial charge in [-0.25, -0.2) is 5.84 Å². The molecule has 4 nitrogen and oxygen atoms in total. The van der Waals surface area contributed by atoms with Gasteiger partial charge in [-0.1, -0.05) is 6.07 Å². The van der Waals surface area contributed by atoms with Crippen LogP contribution in [0.5, 0.6) is 0 Å². The van der Waals surface area contributed by atoms with Gasteiger partial charge in [-0.3, -0.25) is 10.2 Å². The zero-order valence-corrected chi connectivity index (χ0v) is 10.8. The summed E-state index contributed by atoms with van der Waals surface area (Å²) in [7, 11) is 2.01. The number of hydrazine groups is 1. The largest absolute Gasteiger partial charge is 0.300 e. The average Bonchev–Trinajstić information content (AvgIpc) is 2.67. The summed E-state index contributed by atoms with van der Waals surface area (Å²) in [6.07, 6.45) is 0. The van der Waals surface area contributed by atoms with Crippen molar-refractivity contribution < 1.29 is 4.79 Å². The Kier molecular flexibility index (Phi) is 4.46. The number of nitrogens with one attached hydrogen (secondary N) is 1. The number of nitrogens with two attached hydrogens (primary N) is 1. The molecule has 3 N–H and O–H groups in total. The Morgan fingerprint density at radius 2 is 2.31 bits per heavy atom. The zero-order chi connectivity index (χ0) is 12.2. The van der Waals surface area contributed by atoms with Crippen molar-refractivity contribution in [2.75, 3.05) is 13.6 Å². The Bertz CT molecular complexity index is 335. The Morgan fingerprint density at radius 3 is 2.81 bits per heavy atom. The van der Waals surface area contributed by atoms with Crippen molar-refractivity contribution in [2.45, 2.75) is 20.4 Å². The summed E-state index contributed by atoms with van der Waals surface area (Å²) in [4.78, 5) is 14.9. The summed E-state index contributed by atoms with van der Waals surface area (Å²) in [6.45, 7) is 5.31. The van der Waals surface area contributed by atoms with Crippen LogP contribution in [0.1, 0.15) is 18.7 Å². The molecule has 0 saturated carbocycles. The minimum atomic E-state index is -0.471. The lowest BCUT2D eigenvalue weighted by Gasteiger charge is -2.28. The molecule has 0 radical (unpaired) electrons. The zero-order valence-electron chi connectivity index (χ0n) is 9.99. The van der Waals surface area contributed by atoms with Crippen LogP contribution < -0.4 is 11.3 Å². The Hall–Kier alpha value is -0.910. The molecule has 1 rings (SSSR count). The van der Waals surface area contributed by atoms with Crippen LogP contribution in [0.4, 0.5) is 0 Å². The first-order chi connectivity index (χ1) is 7.45. The summed E-state index contributed by atoms with van der Waals surface area (Å²) in [5.74, 6) is 5.02. The van der Waals surface area contributed by atoms with E-state index in [9.17, 15) is 4.79 Å². The molecular weight excluding hydrogens is 222 g/mol. The molecule has 1 aromatic rings. The SMILES string of the molecule is CN(Cc1cccs1)CC(C)(C)C(=O)NN. The van der Waals surface area contributed by atoms with Gasteiger partial charge in [0.2, 0.25) is 5.91 Å². The molecule has 16 heavy (non-hydrogen) atoms. The Balaban J connectivity index is 2.50. The topological polar surface area (TPSA) is 58.4 Å². The maximum Gasteiger partial charge on any atom is 0.240 e. The van der Waals surface area contributed by atoms with Crippen LogP contribution >= 0.6 is 11.3 Å². The second-order valence-corrected chi connectivity index (χ2v) is 5.64. The number of amides is 1. The summed E-state index contributed by atoms with van der Waals surface area (Å²) in [6, 6.07) is 4.13. The summed E-state index contributed by atoms with van der Waals surface area (Å²) >= 11 is 1.72. The molecule has 0 spiro atoms. The van der Waals surface area contributed by atoms with Crippen LogP contribution in [0.3, 0.4) is 0 Å². The average molecular weight is 241 g/mol. The van der Waals surface area contributed by atoms with Gasteiger partial charge in [-0.2, -0.15) is 0 Å². The highest BCUT2D eigenvalue weighted by atomic mass is 32.1. The third-order valence-electron chi connectivity index (χ3n) is 2.42. The fourth-order valence-corrected chi connectivity index (χ4v) is 2.45. The quantitative estimate of drug-likeness (QED) is 0.462. The standard InChI is InChI=1S/C11H19N3OS/c1-11(2,10(15)13-12)8-14(3)7-9-5-4-6-16-9/h4-6H,7-8,12H2,1-3H3,(H,13,15). The monoisotopic (exact) mass is 241 g/mol. The minimum Gasteiger partial charge on any atom is -0.300 e. The van der Waals surface area contributed by atoms with E-state index in [1.807, 2.05) is 27.0 Å². The van der Waals surface area contributed by atoms with Crippen LogP contribution in [-0.2, 0) is 11.3 Å². The van der Waals surface area contributed by atoms with Gasteiger partial charge < -0.3 is 4.90 Å². The summed E-state index contributed by atoms with van der Waals surface area (Å²) in [5, 5.41) is 2.06. The van der Waals surface area contributed by atoms with Gasteiger partial charge in [0.1, 0.15) is 0 Å². The van der Waals surface area contributed by atoms with Gasteiger partial charge in [-0.05, 0) is 32.3 Å². The molecule has 5 heteroatoms. The maximum atomic E-state index is 11.5. The molecule has 0 aromatic carbocycles. The molecular formula is C11H19N3OS. The number of thiophene rings is 1. The van der Waals surface area contributed by atoms with Gasteiger partial charge in [0.25, 0.3) is 0 Å². The number of carbonyl (C=O) groups excluding carboxylic acids is 1. The molecule has 0 aliphatic rings. The number of carbonyl (C=O) groups is 1. The Labute approximate surface area is 100 Å². The fourth-order valence-electron chi connectivity index (χ4n) is 1.67. The molecule has 0 bridgehead atoms. The molecule has 0 aliphatic heterocycles. The number of rotatable bonds is 5. The van der Waals surface area contributed by atoms with Crippen molar-refractivity contribution in [2.24, 2.45) is 11.3 Å². The molecule has 1 heterocycles. The van der Waals surface area contributed by atoms with Crippen LogP contribution in [0, 0.1) is 5.41 Å². The highest BCUT2D eigenvalue weighted by Gasteiger charge is 2.28. The molecule has 0 unspecified atom stereocenters. The van der Waals surface area contributed by atoms with E-state index < -0.39 is 5.41 Å². The molecule has 0 atom stereocenters. The Morgan fingerprint density at radius 1 is 1.62 bits per heavy atom. The molecule has 0 saturated heterocycles. The van der Waals surface area contributed by atoms with Gasteiger partial charge >= 0.3 is 0 Å². The van der Waals surface area contributed by atoms with Gasteiger partial charge in [0, 0.05) is 18.0 Å². The predicted molar refractivity (Wildman–Crippen MR) is 66.8 cm³/mol. The van der Waals surface area contributed by atoms with Crippen molar-refractivity contribution in [3.8, 4) is 0 Å². The van der Waals surface area contributed by atoms with Gasteiger partial charge in [0.15, 0.2) is 0 Å². The first kappa shape index (κ1) is 13.2. The van der Waals surface area contributed by atoms with Crippen molar-refractivity contribution in [1.82, 2.24) is 10.3 Å². The molecule has 0 aliphatic carbocycles. The van der Waals surface area contributed by atoms with E-state index in [1.54, 1.807) is 11.3 Å². The van der Waals surface area contributed by atoms with Crippen LogP contribution in [-0.4, -0.2) is 24.4 Å². The van der Waals surface area contributed by atoms with E-state index in [-0.39, 0.29) is 5.91 Å². The van der Waals surface area contributed by atoms with Gasteiger partial charge in [-0.15, -0.1) is 11.3 Å². The van der Waals surface area contributed by atoms with E-state index in [4.69, 9.17) is 5.84 Å². The third-order valence-corrected chi connectivity index (χ3v) is 3.28. The lowest BCUT2D eigenvalue weighted by Crippen LogP contribution is -2.46. The molecule has 1 aromatic heterocycles.